The molecule has 1 heterocycles. The molecule has 1 saturated heterocycles. The molecule has 0 saturated carbocycles. The average molecular weight is 247 g/mol. The maximum atomic E-state index is 12.1. The maximum Gasteiger partial charge on any atom is 0.229 e. The minimum Gasteiger partial charge on any atom is -0.283 e. The quantitative estimate of drug-likeness (QED) is 0.820. The van der Waals surface area contributed by atoms with E-state index in [-0.39, 0.29) is 18.7 Å². The molecule has 1 aromatic carbocycles. The standard InChI is InChI=1S/C15H19NO2/c17-14-10-4-5-12-16(14)15(18)11-6-9-13-7-2-1-3-8-13/h1-3,7-8H,4-6,9-12H2/i6D2. The third kappa shape index (κ3) is 3.42. The number of carbonyl (C=O) groups is 2. The molecule has 0 bridgehead atoms. The smallest absolute Gasteiger partial charge is 0.229 e. The topological polar surface area (TPSA) is 37.4 Å². The maximum absolute atomic E-state index is 12.1. The molecule has 0 atom stereocenters. The van der Waals surface area contributed by atoms with Crippen molar-refractivity contribution in [2.75, 3.05) is 6.54 Å². The Bertz CT molecular complexity index is 488. The highest BCUT2D eigenvalue weighted by Gasteiger charge is 2.23. The number of hydrogen-bond acceptors (Lipinski definition) is 2. The Morgan fingerprint density at radius 2 is 2.06 bits per heavy atom. The predicted octanol–water partition coefficient (Wildman–Crippen LogP) is 2.55. The lowest BCUT2D eigenvalue weighted by atomic mass is 10.1. The fourth-order valence-corrected chi connectivity index (χ4v) is 2.07. The molecule has 0 unspecified atom stereocenters. The summed E-state index contributed by atoms with van der Waals surface area (Å²) in [4.78, 5) is 25.0. The summed E-state index contributed by atoms with van der Waals surface area (Å²) in [5, 5.41) is 0. The molecule has 2 rings (SSSR count). The highest BCUT2D eigenvalue weighted by atomic mass is 16.2. The Kier molecular flexibility index (Phi) is 3.62. The SMILES string of the molecule is [2H]C([2H])(CC(=O)N1CCCCC1=O)Cc1ccccc1. The van der Waals surface area contributed by atoms with Gasteiger partial charge in [0.25, 0.3) is 0 Å². The molecule has 0 aliphatic carbocycles. The molecule has 1 aliphatic rings. The lowest BCUT2D eigenvalue weighted by molar-refractivity contribution is -0.146. The Morgan fingerprint density at radius 1 is 1.28 bits per heavy atom. The predicted molar refractivity (Wildman–Crippen MR) is 70.0 cm³/mol. The van der Waals surface area contributed by atoms with Crippen molar-refractivity contribution >= 4 is 11.8 Å². The lowest BCUT2D eigenvalue weighted by Gasteiger charge is -2.24. The lowest BCUT2D eigenvalue weighted by Crippen LogP contribution is -2.40. The van der Waals surface area contributed by atoms with Crippen molar-refractivity contribution in [2.24, 2.45) is 0 Å². The molecule has 18 heavy (non-hydrogen) atoms. The molecule has 0 spiro atoms. The van der Waals surface area contributed by atoms with Gasteiger partial charge in [-0.15, -0.1) is 0 Å². The zero-order valence-electron chi connectivity index (χ0n) is 12.4. The molecule has 0 radical (unpaired) electrons. The van der Waals surface area contributed by atoms with Gasteiger partial charge in [0.05, 0.1) is 0 Å². The summed E-state index contributed by atoms with van der Waals surface area (Å²) in [6.45, 7) is 0.430. The number of amides is 2. The number of likely N-dealkylation sites (tertiary alicyclic amines) is 1. The van der Waals surface area contributed by atoms with Crippen molar-refractivity contribution in [1.29, 1.82) is 0 Å². The third-order valence-corrected chi connectivity index (χ3v) is 3.07. The number of imide groups is 1. The van der Waals surface area contributed by atoms with Crippen LogP contribution >= 0.6 is 0 Å². The van der Waals surface area contributed by atoms with Crippen LogP contribution in [-0.2, 0) is 16.0 Å². The van der Waals surface area contributed by atoms with Crippen molar-refractivity contribution in [3.05, 3.63) is 35.9 Å². The number of rotatable bonds is 4. The van der Waals surface area contributed by atoms with E-state index in [2.05, 4.69) is 0 Å². The van der Waals surface area contributed by atoms with Crippen LogP contribution in [0.1, 0.15) is 40.4 Å². The van der Waals surface area contributed by atoms with Gasteiger partial charge in [0.1, 0.15) is 0 Å². The van der Waals surface area contributed by atoms with Gasteiger partial charge in [0, 0.05) is 22.1 Å². The molecular weight excluding hydrogens is 226 g/mol. The van der Waals surface area contributed by atoms with Gasteiger partial charge >= 0.3 is 0 Å². The van der Waals surface area contributed by atoms with Crippen LogP contribution in [0.15, 0.2) is 30.3 Å². The number of benzene rings is 1. The number of piperidine rings is 1. The fourth-order valence-electron chi connectivity index (χ4n) is 2.07. The summed E-state index contributed by atoms with van der Waals surface area (Å²) in [6, 6.07) is 9.25. The molecular formula is C15H19NO2. The minimum absolute atomic E-state index is 0.170. The molecule has 0 aromatic heterocycles. The van der Waals surface area contributed by atoms with Crippen LogP contribution in [0.25, 0.3) is 0 Å². The zero-order chi connectivity index (χ0) is 14.6. The van der Waals surface area contributed by atoms with E-state index >= 15 is 0 Å². The summed E-state index contributed by atoms with van der Waals surface area (Å²) in [6.07, 6.45) is 0.345. The van der Waals surface area contributed by atoms with Crippen LogP contribution in [0.4, 0.5) is 0 Å². The molecule has 2 amide bonds. The van der Waals surface area contributed by atoms with E-state index in [0.717, 1.165) is 18.4 Å². The number of hydrogen-bond donors (Lipinski definition) is 0. The first kappa shape index (κ1) is 10.3. The Hall–Kier alpha value is -1.64. The number of nitrogens with zero attached hydrogens (tertiary/aromatic N) is 1. The van der Waals surface area contributed by atoms with E-state index < -0.39 is 12.3 Å². The molecule has 0 N–H and O–H groups in total. The van der Waals surface area contributed by atoms with Crippen LogP contribution in [0.5, 0.6) is 0 Å². The minimum atomic E-state index is -1.63. The van der Waals surface area contributed by atoms with Crippen molar-refractivity contribution < 1.29 is 12.3 Å². The zero-order valence-corrected chi connectivity index (χ0v) is 10.4. The normalized spacial score (nSPS) is 18.2. The number of carbonyl (C=O) groups excluding carboxylic acids is 2. The average Bonchev–Trinajstić information content (AvgIpc) is 2.39. The first-order chi connectivity index (χ1) is 9.48. The largest absolute Gasteiger partial charge is 0.283 e. The Balaban J connectivity index is 1.96. The van der Waals surface area contributed by atoms with Crippen molar-refractivity contribution in [1.82, 2.24) is 4.90 Å². The van der Waals surface area contributed by atoms with Gasteiger partial charge in [-0.25, -0.2) is 0 Å². The summed E-state index contributed by atoms with van der Waals surface area (Å²) in [5.41, 5.74) is 0.857. The second-order valence-electron chi connectivity index (χ2n) is 4.49. The van der Waals surface area contributed by atoms with E-state index in [1.54, 1.807) is 0 Å². The van der Waals surface area contributed by atoms with Crippen molar-refractivity contribution in [2.45, 2.75) is 38.5 Å². The first-order valence-corrected chi connectivity index (χ1v) is 6.35. The summed E-state index contributed by atoms with van der Waals surface area (Å²) < 4.78 is 16.0. The summed E-state index contributed by atoms with van der Waals surface area (Å²) in [7, 11) is 0. The van der Waals surface area contributed by atoms with Crippen molar-refractivity contribution in [3.63, 3.8) is 0 Å². The van der Waals surface area contributed by atoms with Gasteiger partial charge in [0.2, 0.25) is 11.8 Å². The van der Waals surface area contributed by atoms with Crippen LogP contribution in [0.3, 0.4) is 0 Å². The van der Waals surface area contributed by atoms with Gasteiger partial charge in [0.15, 0.2) is 0 Å². The fraction of sp³-hybridized carbons (Fsp3) is 0.467. The van der Waals surface area contributed by atoms with E-state index in [4.69, 9.17) is 2.74 Å². The van der Waals surface area contributed by atoms with Crippen LogP contribution in [0, 0.1) is 0 Å². The molecule has 3 heteroatoms. The van der Waals surface area contributed by atoms with Gasteiger partial charge in [-0.2, -0.15) is 0 Å². The van der Waals surface area contributed by atoms with Gasteiger partial charge < -0.3 is 0 Å². The van der Waals surface area contributed by atoms with Gasteiger partial charge in [-0.05, 0) is 31.2 Å². The second kappa shape index (κ2) is 6.34. The molecule has 1 fully saturated rings. The number of aryl methyl sites for hydroxylation is 1. The first-order valence-electron chi connectivity index (χ1n) is 7.35. The van der Waals surface area contributed by atoms with E-state index in [1.807, 2.05) is 30.3 Å². The molecule has 96 valence electrons. The van der Waals surface area contributed by atoms with Crippen LogP contribution in [0.2, 0.25) is 0 Å². The molecule has 1 aromatic rings. The monoisotopic (exact) mass is 247 g/mol. The molecule has 3 nitrogen and oxygen atoms in total. The summed E-state index contributed by atoms with van der Waals surface area (Å²) >= 11 is 0. The van der Waals surface area contributed by atoms with Crippen molar-refractivity contribution in [3.8, 4) is 0 Å². The van der Waals surface area contributed by atoms with Crippen LogP contribution < -0.4 is 0 Å². The van der Waals surface area contributed by atoms with Crippen LogP contribution in [-0.4, -0.2) is 23.3 Å². The van der Waals surface area contributed by atoms with Gasteiger partial charge in [-0.3, -0.25) is 14.5 Å². The summed E-state index contributed by atoms with van der Waals surface area (Å²) in [5.74, 6) is -0.563. The Morgan fingerprint density at radius 3 is 2.78 bits per heavy atom. The second-order valence-corrected chi connectivity index (χ2v) is 4.49. The van der Waals surface area contributed by atoms with E-state index in [0.29, 0.717) is 13.0 Å². The van der Waals surface area contributed by atoms with E-state index in [9.17, 15) is 9.59 Å². The highest BCUT2D eigenvalue weighted by molar-refractivity contribution is 5.95. The highest BCUT2D eigenvalue weighted by Crippen LogP contribution is 2.13. The Labute approximate surface area is 111 Å². The molecule has 1 aliphatic heterocycles. The third-order valence-electron chi connectivity index (χ3n) is 3.07. The van der Waals surface area contributed by atoms with E-state index in [1.165, 1.54) is 4.90 Å². The van der Waals surface area contributed by atoms with Gasteiger partial charge in [-0.1, -0.05) is 30.3 Å².